The number of ether oxygens (including phenoxy) is 2. The van der Waals surface area contributed by atoms with Crippen LogP contribution in [0.1, 0.15) is 37.8 Å². The molecule has 2 fully saturated rings. The number of nitrogens with zero attached hydrogens (tertiary/aromatic N) is 3. The molecule has 2 N–H and O–H groups in total. The molecule has 2 aliphatic rings. The Balaban J connectivity index is 1.34. The normalized spacial score (nSPS) is 22.9. The van der Waals surface area contributed by atoms with Gasteiger partial charge in [0.1, 0.15) is 0 Å². The molecule has 0 radical (unpaired) electrons. The number of rotatable bonds is 12. The topological polar surface area (TPSA) is 61.4 Å². The smallest absolute Gasteiger partial charge is 0.191 e. The molecular formula is C25H43N5O2. The summed E-state index contributed by atoms with van der Waals surface area (Å²) in [6, 6.07) is 11.4. The van der Waals surface area contributed by atoms with Crippen LogP contribution in [0.2, 0.25) is 0 Å². The average molecular weight is 446 g/mol. The van der Waals surface area contributed by atoms with Crippen molar-refractivity contribution in [1.29, 1.82) is 0 Å². The maximum absolute atomic E-state index is 5.78. The minimum Gasteiger partial charge on any atom is -0.381 e. The molecule has 7 heteroatoms. The molecule has 180 valence electrons. The van der Waals surface area contributed by atoms with E-state index in [1.165, 1.54) is 5.56 Å². The Labute approximate surface area is 194 Å². The first-order chi connectivity index (χ1) is 15.8. The molecule has 3 rings (SSSR count). The standard InChI is InChI=1S/C25H43N5O2/c1-3-26-25(28-13-8-17-31-20-22-11-18-32-21-22)27-12-7-14-30-16-15-29(2)19-24(30)23-9-5-4-6-10-23/h4-6,9-10,22,24H,3,7-8,11-21H2,1-2H3,(H2,26,27,28). The molecular weight excluding hydrogens is 402 g/mol. The highest BCUT2D eigenvalue weighted by atomic mass is 16.5. The molecule has 0 aliphatic carbocycles. The van der Waals surface area contributed by atoms with Gasteiger partial charge in [0.05, 0.1) is 13.2 Å². The van der Waals surface area contributed by atoms with Gasteiger partial charge in [0.2, 0.25) is 0 Å². The van der Waals surface area contributed by atoms with Crippen molar-refractivity contribution in [1.82, 2.24) is 20.4 Å². The lowest BCUT2D eigenvalue weighted by Crippen LogP contribution is -2.47. The van der Waals surface area contributed by atoms with Gasteiger partial charge in [0.25, 0.3) is 0 Å². The molecule has 2 unspecified atom stereocenters. The van der Waals surface area contributed by atoms with Crippen molar-refractivity contribution < 1.29 is 9.47 Å². The Morgan fingerprint density at radius 3 is 2.84 bits per heavy atom. The highest BCUT2D eigenvalue weighted by Gasteiger charge is 2.25. The molecule has 2 heterocycles. The molecule has 32 heavy (non-hydrogen) atoms. The van der Waals surface area contributed by atoms with Gasteiger partial charge in [0.15, 0.2) is 5.96 Å². The fraction of sp³-hybridized carbons (Fsp3) is 0.720. The van der Waals surface area contributed by atoms with Gasteiger partial charge < -0.3 is 25.0 Å². The van der Waals surface area contributed by atoms with E-state index < -0.39 is 0 Å². The van der Waals surface area contributed by atoms with E-state index >= 15 is 0 Å². The summed E-state index contributed by atoms with van der Waals surface area (Å²) in [5.74, 6) is 1.49. The van der Waals surface area contributed by atoms with Crippen LogP contribution in [0, 0.1) is 5.92 Å². The van der Waals surface area contributed by atoms with Crippen LogP contribution < -0.4 is 10.6 Å². The van der Waals surface area contributed by atoms with Gasteiger partial charge in [-0.05, 0) is 38.8 Å². The maximum Gasteiger partial charge on any atom is 0.191 e. The number of nitrogens with one attached hydrogen (secondary N) is 2. The summed E-state index contributed by atoms with van der Waals surface area (Å²) in [5.41, 5.74) is 1.42. The van der Waals surface area contributed by atoms with Crippen LogP contribution in [0.5, 0.6) is 0 Å². The van der Waals surface area contributed by atoms with Gasteiger partial charge in [-0.15, -0.1) is 0 Å². The first kappa shape index (κ1) is 25.0. The Kier molecular flexibility index (Phi) is 11.3. The van der Waals surface area contributed by atoms with Crippen molar-refractivity contribution in [2.75, 3.05) is 79.3 Å². The maximum atomic E-state index is 5.78. The van der Waals surface area contributed by atoms with Gasteiger partial charge in [-0.3, -0.25) is 9.89 Å². The minimum absolute atomic E-state index is 0.479. The highest BCUT2D eigenvalue weighted by Crippen LogP contribution is 2.24. The largest absolute Gasteiger partial charge is 0.381 e. The third-order valence-corrected chi connectivity index (χ3v) is 6.23. The van der Waals surface area contributed by atoms with Crippen LogP contribution in [0.15, 0.2) is 35.3 Å². The van der Waals surface area contributed by atoms with Crippen molar-refractivity contribution in [3.8, 4) is 0 Å². The van der Waals surface area contributed by atoms with E-state index in [4.69, 9.17) is 14.5 Å². The molecule has 0 aromatic heterocycles. The highest BCUT2D eigenvalue weighted by molar-refractivity contribution is 5.79. The second-order valence-electron chi connectivity index (χ2n) is 8.92. The van der Waals surface area contributed by atoms with E-state index in [2.05, 4.69) is 64.7 Å². The number of piperazine rings is 1. The van der Waals surface area contributed by atoms with E-state index in [1.54, 1.807) is 0 Å². The molecule has 2 saturated heterocycles. The average Bonchev–Trinajstić information content (AvgIpc) is 3.33. The van der Waals surface area contributed by atoms with Gasteiger partial charge >= 0.3 is 0 Å². The molecule has 1 aromatic carbocycles. The Bertz CT molecular complexity index is 651. The Hall–Kier alpha value is -1.67. The van der Waals surface area contributed by atoms with Crippen LogP contribution in [-0.2, 0) is 9.47 Å². The number of hydrogen-bond donors (Lipinski definition) is 2. The number of guanidine groups is 1. The summed E-state index contributed by atoms with van der Waals surface area (Å²) in [6.45, 7) is 12.5. The number of benzene rings is 1. The monoisotopic (exact) mass is 445 g/mol. The lowest BCUT2D eigenvalue weighted by atomic mass is 10.0. The molecule has 0 spiro atoms. The first-order valence-corrected chi connectivity index (χ1v) is 12.4. The fourth-order valence-corrected chi connectivity index (χ4v) is 4.37. The summed E-state index contributed by atoms with van der Waals surface area (Å²) < 4.78 is 11.2. The number of likely N-dealkylation sites (N-methyl/N-ethyl adjacent to an activating group) is 1. The third kappa shape index (κ3) is 8.70. The summed E-state index contributed by atoms with van der Waals surface area (Å²) in [5, 5.41) is 6.86. The molecule has 1 aromatic rings. The van der Waals surface area contributed by atoms with E-state index in [1.807, 2.05) is 0 Å². The van der Waals surface area contributed by atoms with Crippen molar-refractivity contribution in [2.45, 2.75) is 32.2 Å². The van der Waals surface area contributed by atoms with E-state index in [9.17, 15) is 0 Å². The lowest BCUT2D eigenvalue weighted by Gasteiger charge is -2.40. The quantitative estimate of drug-likeness (QED) is 0.293. The predicted molar refractivity (Wildman–Crippen MR) is 131 cm³/mol. The number of aliphatic imine (C=N–C) groups is 1. The molecule has 0 amide bonds. The Morgan fingerprint density at radius 1 is 1.19 bits per heavy atom. The van der Waals surface area contributed by atoms with E-state index in [0.717, 1.165) is 97.5 Å². The first-order valence-electron chi connectivity index (χ1n) is 12.4. The summed E-state index contributed by atoms with van der Waals surface area (Å²) in [6.07, 6.45) is 3.18. The fourth-order valence-electron chi connectivity index (χ4n) is 4.37. The van der Waals surface area contributed by atoms with Gasteiger partial charge in [-0.1, -0.05) is 30.3 Å². The zero-order valence-corrected chi connectivity index (χ0v) is 20.1. The molecule has 2 aliphatic heterocycles. The van der Waals surface area contributed by atoms with Crippen LogP contribution in [0.4, 0.5) is 0 Å². The van der Waals surface area contributed by atoms with Crippen molar-refractivity contribution in [2.24, 2.45) is 10.9 Å². The molecule has 7 nitrogen and oxygen atoms in total. The second kappa shape index (κ2) is 14.5. The van der Waals surface area contributed by atoms with E-state index in [-0.39, 0.29) is 0 Å². The minimum atomic E-state index is 0.479. The zero-order valence-electron chi connectivity index (χ0n) is 20.1. The molecule has 2 atom stereocenters. The van der Waals surface area contributed by atoms with Crippen molar-refractivity contribution in [3.63, 3.8) is 0 Å². The van der Waals surface area contributed by atoms with Crippen molar-refractivity contribution in [3.05, 3.63) is 35.9 Å². The van der Waals surface area contributed by atoms with Crippen molar-refractivity contribution >= 4 is 5.96 Å². The molecule has 0 saturated carbocycles. The third-order valence-electron chi connectivity index (χ3n) is 6.23. The van der Waals surface area contributed by atoms with Gasteiger partial charge in [-0.2, -0.15) is 0 Å². The van der Waals surface area contributed by atoms with E-state index in [0.29, 0.717) is 12.0 Å². The molecule has 0 bridgehead atoms. The van der Waals surface area contributed by atoms with Crippen LogP contribution in [-0.4, -0.2) is 95.0 Å². The lowest BCUT2D eigenvalue weighted by molar-refractivity contribution is 0.0890. The second-order valence-corrected chi connectivity index (χ2v) is 8.92. The Morgan fingerprint density at radius 2 is 2.06 bits per heavy atom. The SMILES string of the molecule is CCNC(=NCCCOCC1CCOC1)NCCCN1CCN(C)CC1c1ccccc1. The van der Waals surface area contributed by atoms with Gasteiger partial charge in [-0.25, -0.2) is 0 Å². The summed E-state index contributed by atoms with van der Waals surface area (Å²) >= 11 is 0. The number of hydrogen-bond acceptors (Lipinski definition) is 5. The summed E-state index contributed by atoms with van der Waals surface area (Å²) in [7, 11) is 2.22. The van der Waals surface area contributed by atoms with Crippen LogP contribution in [0.25, 0.3) is 0 Å². The zero-order chi connectivity index (χ0) is 22.4. The van der Waals surface area contributed by atoms with Gasteiger partial charge in [0, 0.05) is 71.0 Å². The van der Waals surface area contributed by atoms with Crippen LogP contribution in [0.3, 0.4) is 0 Å². The summed E-state index contributed by atoms with van der Waals surface area (Å²) in [4.78, 5) is 9.78. The van der Waals surface area contributed by atoms with Crippen LogP contribution >= 0.6 is 0 Å². The predicted octanol–water partition coefficient (Wildman–Crippen LogP) is 2.36.